The molecule has 0 spiro atoms. The van der Waals surface area contributed by atoms with E-state index in [1.54, 1.807) is 45.0 Å². The van der Waals surface area contributed by atoms with Gasteiger partial charge >= 0.3 is 11.9 Å². The SMILES string of the molecule is CC(=O)Oc1ccccc1C(=O)OC(C)(C)C(C)(O)[P+](c1ccccc1)(c1ccccc1)c1ccccc1. The lowest BCUT2D eigenvalue weighted by atomic mass is 10.0. The van der Waals surface area contributed by atoms with Gasteiger partial charge in [0.25, 0.3) is 0 Å². The molecule has 0 radical (unpaired) electrons. The lowest BCUT2D eigenvalue weighted by molar-refractivity contribution is -0.131. The largest absolute Gasteiger partial charge is 0.449 e. The van der Waals surface area contributed by atoms with Crippen LogP contribution in [0, 0.1) is 0 Å². The summed E-state index contributed by atoms with van der Waals surface area (Å²) in [4.78, 5) is 25.2. The van der Waals surface area contributed by atoms with E-state index in [1.807, 2.05) is 91.0 Å². The summed E-state index contributed by atoms with van der Waals surface area (Å²) >= 11 is 0. The van der Waals surface area contributed by atoms with E-state index in [0.29, 0.717) is 0 Å². The van der Waals surface area contributed by atoms with Gasteiger partial charge < -0.3 is 14.6 Å². The van der Waals surface area contributed by atoms with Crippen molar-refractivity contribution < 1.29 is 24.2 Å². The first-order chi connectivity index (χ1) is 18.1. The first kappa shape index (κ1) is 27.3. The van der Waals surface area contributed by atoms with Crippen LogP contribution in [0.1, 0.15) is 38.1 Å². The van der Waals surface area contributed by atoms with Crippen molar-refractivity contribution in [3.63, 3.8) is 0 Å². The molecule has 0 aliphatic rings. The summed E-state index contributed by atoms with van der Waals surface area (Å²) in [6, 6.07) is 36.2. The van der Waals surface area contributed by atoms with E-state index in [0.717, 1.165) is 15.9 Å². The minimum absolute atomic E-state index is 0.106. The molecule has 0 saturated carbocycles. The van der Waals surface area contributed by atoms with Gasteiger partial charge in [-0.05, 0) is 62.4 Å². The van der Waals surface area contributed by atoms with Crippen molar-refractivity contribution in [3.05, 3.63) is 121 Å². The minimum Gasteiger partial charge on any atom is -0.449 e. The van der Waals surface area contributed by atoms with Crippen molar-refractivity contribution in [2.24, 2.45) is 0 Å². The number of esters is 2. The number of hydrogen-bond donors (Lipinski definition) is 1. The molecule has 1 unspecified atom stereocenters. The monoisotopic (exact) mass is 527 g/mol. The molecule has 0 aromatic heterocycles. The third-order valence-corrected chi connectivity index (χ3v) is 12.0. The quantitative estimate of drug-likeness (QED) is 0.193. The molecule has 194 valence electrons. The zero-order chi connectivity index (χ0) is 27.4. The summed E-state index contributed by atoms with van der Waals surface area (Å²) in [6.45, 7) is 6.47. The van der Waals surface area contributed by atoms with Crippen LogP contribution in [0.4, 0.5) is 0 Å². The van der Waals surface area contributed by atoms with Crippen LogP contribution < -0.4 is 20.7 Å². The highest BCUT2D eigenvalue weighted by Crippen LogP contribution is 2.68. The fraction of sp³-hybridized carbons (Fsp3) is 0.188. The average Bonchev–Trinajstić information content (AvgIpc) is 2.90. The van der Waals surface area contributed by atoms with E-state index in [1.165, 1.54) is 6.92 Å². The van der Waals surface area contributed by atoms with Crippen molar-refractivity contribution in [1.82, 2.24) is 0 Å². The fourth-order valence-electron chi connectivity index (χ4n) is 4.82. The average molecular weight is 528 g/mol. The summed E-state index contributed by atoms with van der Waals surface area (Å²) in [5.74, 6) is -1.13. The van der Waals surface area contributed by atoms with Gasteiger partial charge in [-0.3, -0.25) is 4.79 Å². The van der Waals surface area contributed by atoms with Crippen LogP contribution in [0.25, 0.3) is 0 Å². The summed E-state index contributed by atoms with van der Waals surface area (Å²) in [5, 5.41) is 14.1. The van der Waals surface area contributed by atoms with Crippen LogP contribution in [-0.2, 0) is 9.53 Å². The van der Waals surface area contributed by atoms with Crippen molar-refractivity contribution >= 4 is 35.1 Å². The number of aliphatic hydroxyl groups is 1. The second-order valence-corrected chi connectivity index (χ2v) is 13.4. The fourth-order valence-corrected chi connectivity index (χ4v) is 9.94. The lowest BCUT2D eigenvalue weighted by Gasteiger charge is -2.46. The van der Waals surface area contributed by atoms with Crippen LogP contribution in [0.15, 0.2) is 115 Å². The Hall–Kier alpha value is -3.79. The van der Waals surface area contributed by atoms with Gasteiger partial charge in [0.05, 0.1) is 0 Å². The van der Waals surface area contributed by atoms with Crippen LogP contribution in [0.5, 0.6) is 5.75 Å². The predicted octanol–water partition coefficient (Wildman–Crippen LogP) is 5.25. The molecule has 0 amide bonds. The second kappa shape index (κ2) is 10.9. The molecule has 4 aromatic carbocycles. The zero-order valence-corrected chi connectivity index (χ0v) is 22.9. The number of hydrogen-bond acceptors (Lipinski definition) is 5. The number of carbonyl (C=O) groups is 2. The molecule has 1 N–H and O–H groups in total. The third kappa shape index (κ3) is 4.88. The van der Waals surface area contributed by atoms with Gasteiger partial charge in [-0.2, -0.15) is 0 Å². The van der Waals surface area contributed by atoms with Gasteiger partial charge in [-0.1, -0.05) is 66.7 Å². The predicted molar refractivity (Wildman–Crippen MR) is 153 cm³/mol. The van der Waals surface area contributed by atoms with E-state index in [4.69, 9.17) is 9.47 Å². The van der Waals surface area contributed by atoms with Crippen molar-refractivity contribution in [2.75, 3.05) is 0 Å². The van der Waals surface area contributed by atoms with Crippen LogP contribution in [-0.4, -0.2) is 28.0 Å². The van der Waals surface area contributed by atoms with Gasteiger partial charge in [-0.15, -0.1) is 0 Å². The molecule has 4 rings (SSSR count). The Kier molecular flexibility index (Phi) is 7.82. The highest BCUT2D eigenvalue weighted by atomic mass is 31.2. The van der Waals surface area contributed by atoms with E-state index >= 15 is 0 Å². The topological polar surface area (TPSA) is 72.8 Å². The van der Waals surface area contributed by atoms with Gasteiger partial charge in [0.2, 0.25) is 5.34 Å². The molecule has 0 aliphatic heterocycles. The maximum atomic E-state index is 13.5. The Morgan fingerprint density at radius 3 is 1.47 bits per heavy atom. The summed E-state index contributed by atoms with van der Waals surface area (Å²) in [7, 11) is -2.87. The van der Waals surface area contributed by atoms with Crippen LogP contribution >= 0.6 is 7.26 Å². The van der Waals surface area contributed by atoms with Gasteiger partial charge in [-0.25, -0.2) is 4.79 Å². The number of rotatable bonds is 8. The van der Waals surface area contributed by atoms with Gasteiger partial charge in [0.1, 0.15) is 34.5 Å². The summed E-state index contributed by atoms with van der Waals surface area (Å²) in [5.41, 5.74) is -1.28. The molecule has 0 aliphatic carbocycles. The molecule has 6 heteroatoms. The molecule has 5 nitrogen and oxygen atoms in total. The Labute approximate surface area is 224 Å². The van der Waals surface area contributed by atoms with E-state index in [9.17, 15) is 14.7 Å². The number of benzene rings is 4. The summed E-state index contributed by atoms with van der Waals surface area (Å²) in [6.07, 6.45) is 0. The normalized spacial score (nSPS) is 13.3. The molecule has 38 heavy (non-hydrogen) atoms. The van der Waals surface area contributed by atoms with Gasteiger partial charge in [0, 0.05) is 13.8 Å². The Morgan fingerprint density at radius 2 is 1.05 bits per heavy atom. The number of para-hydroxylation sites is 1. The maximum Gasteiger partial charge on any atom is 0.342 e. The smallest absolute Gasteiger partial charge is 0.342 e. The molecule has 0 fully saturated rings. The van der Waals surface area contributed by atoms with E-state index in [-0.39, 0.29) is 11.3 Å². The standard InChI is InChI=1S/C32H32O5P/c1-24(33)36-29-23-15-14-22-28(29)30(34)37-31(2,3)32(4,35)38(25-16-8-5-9-17-25,26-18-10-6-11-19-26)27-20-12-7-13-21-27/h5-23,35H,1-4H3/q+1. The first-order valence-electron chi connectivity index (χ1n) is 12.4. The molecular weight excluding hydrogens is 495 g/mol. The molecule has 0 bridgehead atoms. The molecule has 0 heterocycles. The van der Waals surface area contributed by atoms with Crippen molar-refractivity contribution in [2.45, 2.75) is 38.6 Å². The number of carbonyl (C=O) groups excluding carboxylic acids is 2. The second-order valence-electron chi connectivity index (χ2n) is 9.69. The van der Waals surface area contributed by atoms with E-state index in [2.05, 4.69) is 0 Å². The number of ether oxygens (including phenoxy) is 2. The Bertz CT molecular complexity index is 1300. The highest BCUT2D eigenvalue weighted by molar-refractivity contribution is 7.96. The maximum absolute atomic E-state index is 13.5. The van der Waals surface area contributed by atoms with Crippen LogP contribution in [0.3, 0.4) is 0 Å². The third-order valence-electron chi connectivity index (χ3n) is 6.93. The van der Waals surface area contributed by atoms with Gasteiger partial charge in [0.15, 0.2) is 5.60 Å². The van der Waals surface area contributed by atoms with E-state index < -0.39 is 30.1 Å². The Morgan fingerprint density at radius 1 is 0.658 bits per heavy atom. The lowest BCUT2D eigenvalue weighted by Crippen LogP contribution is -2.58. The zero-order valence-electron chi connectivity index (χ0n) is 22.0. The molecule has 1 atom stereocenters. The van der Waals surface area contributed by atoms with Crippen molar-refractivity contribution in [1.29, 1.82) is 0 Å². The van der Waals surface area contributed by atoms with Crippen molar-refractivity contribution in [3.8, 4) is 5.75 Å². The summed E-state index contributed by atoms with van der Waals surface area (Å²) < 4.78 is 11.4. The molecule has 0 saturated heterocycles. The molecule has 4 aromatic rings. The van der Waals surface area contributed by atoms with Crippen LogP contribution in [0.2, 0.25) is 0 Å². The first-order valence-corrected chi connectivity index (χ1v) is 14.2. The highest BCUT2D eigenvalue weighted by Gasteiger charge is 2.67. The molecular formula is C32H32O5P+. The Balaban J connectivity index is 1.91. The minimum atomic E-state index is -2.87.